The average Bonchev–Trinajstić information content (AvgIpc) is 2.79. The summed E-state index contributed by atoms with van der Waals surface area (Å²) in [4.78, 5) is 12.6. The number of rotatable bonds is 3. The van der Waals surface area contributed by atoms with Crippen molar-refractivity contribution >= 4 is 34.5 Å². The van der Waals surface area contributed by atoms with E-state index in [2.05, 4.69) is 5.32 Å². The molecular formula is C12H10ClFN2OS. The standard InChI is InChI=1S/C12H10ClFN2OS/c13-7-4-8(14)6-9(5-7)16-12(17)11(15)10-2-1-3-18-10/h1-6,11H,15H2,(H,16,17). The van der Waals surface area contributed by atoms with Crippen molar-refractivity contribution in [1.29, 1.82) is 0 Å². The van der Waals surface area contributed by atoms with Crippen LogP contribution in [0, 0.1) is 5.82 Å². The van der Waals surface area contributed by atoms with E-state index in [-0.39, 0.29) is 10.7 Å². The van der Waals surface area contributed by atoms with Crippen molar-refractivity contribution in [3.8, 4) is 0 Å². The third-order valence-electron chi connectivity index (χ3n) is 2.26. The van der Waals surface area contributed by atoms with Crippen LogP contribution in [0.1, 0.15) is 10.9 Å². The zero-order valence-corrected chi connectivity index (χ0v) is 10.8. The Bertz CT molecular complexity index is 539. The highest BCUT2D eigenvalue weighted by Crippen LogP contribution is 2.21. The van der Waals surface area contributed by atoms with Gasteiger partial charge in [-0.25, -0.2) is 4.39 Å². The Hall–Kier alpha value is -1.43. The minimum atomic E-state index is -0.771. The molecule has 0 fully saturated rings. The summed E-state index contributed by atoms with van der Waals surface area (Å²) in [6.45, 7) is 0. The summed E-state index contributed by atoms with van der Waals surface area (Å²) in [6.07, 6.45) is 0. The number of hydrogen-bond donors (Lipinski definition) is 2. The van der Waals surface area contributed by atoms with Crippen LogP contribution in [0.5, 0.6) is 0 Å². The normalized spacial score (nSPS) is 12.2. The van der Waals surface area contributed by atoms with Crippen molar-refractivity contribution in [2.75, 3.05) is 5.32 Å². The number of benzene rings is 1. The summed E-state index contributed by atoms with van der Waals surface area (Å²) >= 11 is 7.08. The number of hydrogen-bond acceptors (Lipinski definition) is 3. The third-order valence-corrected chi connectivity index (χ3v) is 3.44. The first kappa shape index (κ1) is 13.0. The number of thiophene rings is 1. The molecule has 0 radical (unpaired) electrons. The minimum absolute atomic E-state index is 0.218. The van der Waals surface area contributed by atoms with Gasteiger partial charge in [-0.3, -0.25) is 4.79 Å². The molecule has 94 valence electrons. The Balaban J connectivity index is 2.11. The maximum Gasteiger partial charge on any atom is 0.246 e. The topological polar surface area (TPSA) is 55.1 Å². The molecule has 2 aromatic rings. The van der Waals surface area contributed by atoms with Gasteiger partial charge >= 0.3 is 0 Å². The molecule has 2 rings (SSSR count). The van der Waals surface area contributed by atoms with E-state index < -0.39 is 17.8 Å². The van der Waals surface area contributed by atoms with Crippen LogP contribution in [0.4, 0.5) is 10.1 Å². The number of halogens is 2. The van der Waals surface area contributed by atoms with E-state index in [0.29, 0.717) is 0 Å². The number of carbonyl (C=O) groups excluding carboxylic acids is 1. The fraction of sp³-hybridized carbons (Fsp3) is 0.0833. The lowest BCUT2D eigenvalue weighted by Crippen LogP contribution is -2.27. The summed E-state index contributed by atoms with van der Waals surface area (Å²) in [5, 5.41) is 4.58. The zero-order valence-electron chi connectivity index (χ0n) is 9.19. The lowest BCUT2D eigenvalue weighted by atomic mass is 10.2. The van der Waals surface area contributed by atoms with Crippen LogP contribution in [0.25, 0.3) is 0 Å². The van der Waals surface area contributed by atoms with Gasteiger partial charge in [0.1, 0.15) is 11.9 Å². The first-order valence-corrected chi connectivity index (χ1v) is 6.38. The van der Waals surface area contributed by atoms with E-state index in [1.165, 1.54) is 23.5 Å². The molecule has 1 amide bonds. The van der Waals surface area contributed by atoms with Crippen LogP contribution < -0.4 is 11.1 Å². The predicted octanol–water partition coefficient (Wildman–Crippen LogP) is 3.18. The Morgan fingerprint density at radius 1 is 1.44 bits per heavy atom. The summed E-state index contributed by atoms with van der Waals surface area (Å²) < 4.78 is 13.1. The molecule has 0 aliphatic heterocycles. The van der Waals surface area contributed by atoms with E-state index in [4.69, 9.17) is 17.3 Å². The van der Waals surface area contributed by atoms with Crippen LogP contribution in [0.3, 0.4) is 0 Å². The van der Waals surface area contributed by atoms with Crippen molar-refractivity contribution < 1.29 is 9.18 Å². The predicted molar refractivity (Wildman–Crippen MR) is 71.3 cm³/mol. The lowest BCUT2D eigenvalue weighted by molar-refractivity contribution is -0.117. The molecule has 6 heteroatoms. The largest absolute Gasteiger partial charge is 0.324 e. The molecule has 0 spiro atoms. The smallest absolute Gasteiger partial charge is 0.246 e. The number of nitrogens with two attached hydrogens (primary N) is 1. The maximum absolute atomic E-state index is 13.1. The summed E-state index contributed by atoms with van der Waals surface area (Å²) in [5.41, 5.74) is 6.07. The van der Waals surface area contributed by atoms with Gasteiger partial charge < -0.3 is 11.1 Å². The van der Waals surface area contributed by atoms with Crippen molar-refractivity contribution in [3.05, 3.63) is 51.4 Å². The molecule has 0 aliphatic rings. The van der Waals surface area contributed by atoms with E-state index in [9.17, 15) is 9.18 Å². The molecule has 0 saturated heterocycles. The Morgan fingerprint density at radius 2 is 2.22 bits per heavy atom. The van der Waals surface area contributed by atoms with Crippen molar-refractivity contribution in [2.45, 2.75) is 6.04 Å². The van der Waals surface area contributed by atoms with Crippen LogP contribution in [-0.2, 0) is 4.79 Å². The first-order chi connectivity index (χ1) is 8.56. The average molecular weight is 285 g/mol. The van der Waals surface area contributed by atoms with Crippen molar-refractivity contribution in [3.63, 3.8) is 0 Å². The van der Waals surface area contributed by atoms with Gasteiger partial charge in [-0.05, 0) is 29.6 Å². The molecule has 0 saturated carbocycles. The van der Waals surface area contributed by atoms with E-state index in [1.807, 2.05) is 11.4 Å². The van der Waals surface area contributed by atoms with Crippen LogP contribution in [0.2, 0.25) is 5.02 Å². The SMILES string of the molecule is NC(C(=O)Nc1cc(F)cc(Cl)c1)c1cccs1. The quantitative estimate of drug-likeness (QED) is 0.909. The van der Waals surface area contributed by atoms with Crippen LogP contribution in [0.15, 0.2) is 35.7 Å². The number of amides is 1. The molecule has 18 heavy (non-hydrogen) atoms. The number of carbonyl (C=O) groups is 1. The van der Waals surface area contributed by atoms with E-state index in [1.54, 1.807) is 6.07 Å². The highest BCUT2D eigenvalue weighted by molar-refractivity contribution is 7.10. The molecule has 1 atom stereocenters. The van der Waals surface area contributed by atoms with Crippen LogP contribution in [-0.4, -0.2) is 5.91 Å². The van der Waals surface area contributed by atoms with Gasteiger partial charge in [0.15, 0.2) is 0 Å². The van der Waals surface area contributed by atoms with Gasteiger partial charge in [0.2, 0.25) is 5.91 Å². The third kappa shape index (κ3) is 3.07. The summed E-state index contributed by atoms with van der Waals surface area (Å²) in [6, 6.07) is 6.62. The lowest BCUT2D eigenvalue weighted by Gasteiger charge is -2.11. The molecule has 1 aromatic heterocycles. The van der Waals surface area contributed by atoms with Gasteiger partial charge in [0.25, 0.3) is 0 Å². The van der Waals surface area contributed by atoms with Gasteiger partial charge in [0, 0.05) is 15.6 Å². The molecule has 3 nitrogen and oxygen atoms in total. The van der Waals surface area contributed by atoms with E-state index >= 15 is 0 Å². The minimum Gasteiger partial charge on any atom is -0.324 e. The van der Waals surface area contributed by atoms with Crippen molar-refractivity contribution in [1.82, 2.24) is 0 Å². The maximum atomic E-state index is 13.1. The second-order valence-corrected chi connectivity index (χ2v) is 5.06. The summed E-state index contributed by atoms with van der Waals surface area (Å²) in [5.74, 6) is -0.915. The Morgan fingerprint density at radius 3 is 2.83 bits per heavy atom. The van der Waals surface area contributed by atoms with Crippen LogP contribution >= 0.6 is 22.9 Å². The number of anilines is 1. The van der Waals surface area contributed by atoms with Gasteiger partial charge in [-0.1, -0.05) is 17.7 Å². The molecular weight excluding hydrogens is 275 g/mol. The van der Waals surface area contributed by atoms with Crippen molar-refractivity contribution in [2.24, 2.45) is 5.73 Å². The molecule has 1 aromatic carbocycles. The molecule has 1 heterocycles. The molecule has 0 bridgehead atoms. The van der Waals surface area contributed by atoms with Gasteiger partial charge in [-0.15, -0.1) is 11.3 Å². The second kappa shape index (κ2) is 5.48. The molecule has 3 N–H and O–H groups in total. The monoisotopic (exact) mass is 284 g/mol. The Labute approximate surface area is 112 Å². The molecule has 1 unspecified atom stereocenters. The highest BCUT2D eigenvalue weighted by Gasteiger charge is 2.17. The summed E-state index contributed by atoms with van der Waals surface area (Å²) in [7, 11) is 0. The van der Waals surface area contributed by atoms with Gasteiger partial charge in [0.05, 0.1) is 0 Å². The fourth-order valence-corrected chi connectivity index (χ4v) is 2.39. The highest BCUT2D eigenvalue weighted by atomic mass is 35.5. The van der Waals surface area contributed by atoms with Gasteiger partial charge in [-0.2, -0.15) is 0 Å². The Kier molecular flexibility index (Phi) is 3.96. The zero-order chi connectivity index (χ0) is 13.1. The second-order valence-electron chi connectivity index (χ2n) is 3.64. The molecule has 0 aliphatic carbocycles. The van der Waals surface area contributed by atoms with E-state index in [0.717, 1.165) is 10.9 Å². The number of nitrogens with one attached hydrogen (secondary N) is 1. The first-order valence-electron chi connectivity index (χ1n) is 5.12. The fourth-order valence-electron chi connectivity index (χ4n) is 1.44.